The molecule has 1 heterocycles. The summed E-state index contributed by atoms with van der Waals surface area (Å²) in [4.78, 5) is 2.55. The molecule has 1 unspecified atom stereocenters. The van der Waals surface area contributed by atoms with Gasteiger partial charge in [0.1, 0.15) is 0 Å². The highest BCUT2D eigenvalue weighted by Crippen LogP contribution is 2.45. The standard InChI is InChI=1S/C10H20N2/c1-8(2)12-6-10(7-12)4-3-9(11)5-10/h8-9H,3-7,11H2,1-2H3. The summed E-state index contributed by atoms with van der Waals surface area (Å²) in [6.45, 7) is 7.17. The summed E-state index contributed by atoms with van der Waals surface area (Å²) in [5.41, 5.74) is 6.57. The van der Waals surface area contributed by atoms with Crippen molar-refractivity contribution in [3.63, 3.8) is 0 Å². The predicted molar refractivity (Wildman–Crippen MR) is 51.0 cm³/mol. The average molecular weight is 168 g/mol. The van der Waals surface area contributed by atoms with Crippen LogP contribution in [0.2, 0.25) is 0 Å². The van der Waals surface area contributed by atoms with Gasteiger partial charge in [0, 0.05) is 25.2 Å². The Kier molecular flexibility index (Phi) is 1.92. The van der Waals surface area contributed by atoms with Gasteiger partial charge in [0.25, 0.3) is 0 Å². The Balaban J connectivity index is 1.87. The fourth-order valence-corrected chi connectivity index (χ4v) is 2.72. The van der Waals surface area contributed by atoms with Gasteiger partial charge in [-0.25, -0.2) is 0 Å². The number of likely N-dealkylation sites (tertiary alicyclic amines) is 1. The van der Waals surface area contributed by atoms with Gasteiger partial charge in [-0.05, 0) is 38.5 Å². The van der Waals surface area contributed by atoms with E-state index in [1.165, 1.54) is 32.4 Å². The highest BCUT2D eigenvalue weighted by molar-refractivity contribution is 5.02. The van der Waals surface area contributed by atoms with Crippen molar-refractivity contribution in [2.75, 3.05) is 13.1 Å². The van der Waals surface area contributed by atoms with E-state index in [-0.39, 0.29) is 0 Å². The molecule has 2 aliphatic rings. The summed E-state index contributed by atoms with van der Waals surface area (Å²) in [5, 5.41) is 0. The van der Waals surface area contributed by atoms with E-state index >= 15 is 0 Å². The minimum absolute atomic E-state index is 0.499. The van der Waals surface area contributed by atoms with Crippen LogP contribution < -0.4 is 5.73 Å². The molecule has 0 aromatic heterocycles. The van der Waals surface area contributed by atoms with Gasteiger partial charge in [0.05, 0.1) is 0 Å². The maximum absolute atomic E-state index is 5.92. The van der Waals surface area contributed by atoms with Gasteiger partial charge in [-0.3, -0.25) is 4.90 Å². The van der Waals surface area contributed by atoms with Gasteiger partial charge in [0.15, 0.2) is 0 Å². The Bertz CT molecular complexity index is 171. The van der Waals surface area contributed by atoms with Crippen LogP contribution in [-0.2, 0) is 0 Å². The molecule has 1 atom stereocenters. The first-order chi connectivity index (χ1) is 5.61. The molecule has 0 aromatic carbocycles. The second-order valence-electron chi connectivity index (χ2n) is 5.00. The molecule has 1 aliphatic heterocycles. The van der Waals surface area contributed by atoms with Crippen LogP contribution in [0.25, 0.3) is 0 Å². The van der Waals surface area contributed by atoms with Crippen molar-refractivity contribution in [1.29, 1.82) is 0 Å². The van der Waals surface area contributed by atoms with Gasteiger partial charge in [-0.1, -0.05) is 0 Å². The van der Waals surface area contributed by atoms with Crippen molar-refractivity contribution < 1.29 is 0 Å². The van der Waals surface area contributed by atoms with Gasteiger partial charge in [-0.2, -0.15) is 0 Å². The average Bonchev–Trinajstić information content (AvgIpc) is 2.27. The van der Waals surface area contributed by atoms with Crippen molar-refractivity contribution >= 4 is 0 Å². The van der Waals surface area contributed by atoms with Crippen LogP contribution in [0.3, 0.4) is 0 Å². The number of rotatable bonds is 1. The van der Waals surface area contributed by atoms with E-state index in [0.29, 0.717) is 11.5 Å². The second-order valence-corrected chi connectivity index (χ2v) is 5.00. The molecule has 1 spiro atoms. The summed E-state index contributed by atoms with van der Waals surface area (Å²) < 4.78 is 0. The van der Waals surface area contributed by atoms with Crippen LogP contribution in [0.4, 0.5) is 0 Å². The number of nitrogens with zero attached hydrogens (tertiary/aromatic N) is 1. The fourth-order valence-electron chi connectivity index (χ4n) is 2.72. The van der Waals surface area contributed by atoms with Crippen LogP contribution >= 0.6 is 0 Å². The highest BCUT2D eigenvalue weighted by Gasteiger charge is 2.47. The van der Waals surface area contributed by atoms with E-state index in [0.717, 1.165) is 6.04 Å². The molecule has 2 N–H and O–H groups in total. The van der Waals surface area contributed by atoms with Crippen LogP contribution in [0.1, 0.15) is 33.1 Å². The van der Waals surface area contributed by atoms with Crippen LogP contribution in [0, 0.1) is 5.41 Å². The van der Waals surface area contributed by atoms with E-state index in [9.17, 15) is 0 Å². The van der Waals surface area contributed by atoms with Gasteiger partial charge in [-0.15, -0.1) is 0 Å². The molecule has 1 saturated heterocycles. The van der Waals surface area contributed by atoms with Crippen LogP contribution in [0.5, 0.6) is 0 Å². The molecule has 1 saturated carbocycles. The molecule has 0 amide bonds. The van der Waals surface area contributed by atoms with Crippen molar-refractivity contribution in [2.24, 2.45) is 11.1 Å². The maximum atomic E-state index is 5.92. The third-order valence-electron chi connectivity index (χ3n) is 3.55. The topological polar surface area (TPSA) is 29.3 Å². The molecule has 12 heavy (non-hydrogen) atoms. The summed E-state index contributed by atoms with van der Waals surface area (Å²) >= 11 is 0. The molecule has 2 nitrogen and oxygen atoms in total. The Hall–Kier alpha value is -0.0800. The molecular weight excluding hydrogens is 148 g/mol. The Labute approximate surface area is 75.1 Å². The SMILES string of the molecule is CC(C)N1CC2(CCC(N)C2)C1. The van der Waals surface area contributed by atoms with E-state index in [4.69, 9.17) is 5.73 Å². The number of hydrogen-bond donors (Lipinski definition) is 1. The highest BCUT2D eigenvalue weighted by atomic mass is 15.2. The molecule has 70 valence electrons. The molecule has 2 fully saturated rings. The van der Waals surface area contributed by atoms with E-state index in [2.05, 4.69) is 18.7 Å². The quantitative estimate of drug-likeness (QED) is 0.637. The zero-order valence-electron chi connectivity index (χ0n) is 8.21. The van der Waals surface area contributed by atoms with Crippen molar-refractivity contribution in [1.82, 2.24) is 4.90 Å². The van der Waals surface area contributed by atoms with Gasteiger partial charge in [0.2, 0.25) is 0 Å². The molecule has 2 rings (SSSR count). The lowest BCUT2D eigenvalue weighted by Crippen LogP contribution is -2.57. The normalized spacial score (nSPS) is 34.5. The zero-order valence-corrected chi connectivity index (χ0v) is 8.21. The smallest absolute Gasteiger partial charge is 0.00538 e. The van der Waals surface area contributed by atoms with E-state index < -0.39 is 0 Å². The van der Waals surface area contributed by atoms with Crippen LogP contribution in [-0.4, -0.2) is 30.1 Å². The van der Waals surface area contributed by atoms with E-state index in [1.54, 1.807) is 0 Å². The molecule has 0 radical (unpaired) electrons. The van der Waals surface area contributed by atoms with E-state index in [1.807, 2.05) is 0 Å². The molecule has 0 bridgehead atoms. The third kappa shape index (κ3) is 1.27. The largest absolute Gasteiger partial charge is 0.328 e. The zero-order chi connectivity index (χ0) is 8.77. The summed E-state index contributed by atoms with van der Waals surface area (Å²) in [5.74, 6) is 0. The molecule has 2 heteroatoms. The molecule has 1 aliphatic carbocycles. The first-order valence-electron chi connectivity index (χ1n) is 5.11. The van der Waals surface area contributed by atoms with Crippen molar-refractivity contribution in [2.45, 2.75) is 45.2 Å². The van der Waals surface area contributed by atoms with Crippen LogP contribution in [0.15, 0.2) is 0 Å². The Morgan fingerprint density at radius 3 is 2.50 bits per heavy atom. The molecular formula is C10H20N2. The van der Waals surface area contributed by atoms with Gasteiger partial charge < -0.3 is 5.73 Å². The van der Waals surface area contributed by atoms with Crippen molar-refractivity contribution in [3.8, 4) is 0 Å². The monoisotopic (exact) mass is 168 g/mol. The summed E-state index contributed by atoms with van der Waals surface area (Å²) in [7, 11) is 0. The number of hydrogen-bond acceptors (Lipinski definition) is 2. The lowest BCUT2D eigenvalue weighted by atomic mass is 9.77. The lowest BCUT2D eigenvalue weighted by molar-refractivity contribution is -0.0174. The van der Waals surface area contributed by atoms with Crippen molar-refractivity contribution in [3.05, 3.63) is 0 Å². The summed E-state index contributed by atoms with van der Waals surface area (Å²) in [6, 6.07) is 1.23. The van der Waals surface area contributed by atoms with Gasteiger partial charge >= 0.3 is 0 Å². The molecule has 0 aromatic rings. The Morgan fingerprint density at radius 2 is 2.08 bits per heavy atom. The minimum atomic E-state index is 0.499. The first kappa shape index (κ1) is 8.52. The first-order valence-corrected chi connectivity index (χ1v) is 5.11. The summed E-state index contributed by atoms with van der Waals surface area (Å²) in [6.07, 6.45) is 3.90. The third-order valence-corrected chi connectivity index (χ3v) is 3.55. The predicted octanol–water partition coefficient (Wildman–Crippen LogP) is 1.21. The minimum Gasteiger partial charge on any atom is -0.328 e. The second kappa shape index (κ2) is 2.71. The Morgan fingerprint density at radius 1 is 1.42 bits per heavy atom. The maximum Gasteiger partial charge on any atom is 0.00538 e. The number of nitrogens with two attached hydrogens (primary N) is 1. The lowest BCUT2D eigenvalue weighted by Gasteiger charge is -2.50. The fraction of sp³-hybridized carbons (Fsp3) is 1.00.